The van der Waals surface area contributed by atoms with Gasteiger partial charge in [-0.15, -0.1) is 10.2 Å². The first kappa shape index (κ1) is 13.9. The van der Waals surface area contributed by atoms with Crippen LogP contribution in [-0.2, 0) is 0 Å². The molecule has 3 rings (SSSR count). The molecule has 0 spiro atoms. The van der Waals surface area contributed by atoms with Crippen LogP contribution in [0.4, 0.5) is 0 Å². The molecule has 0 radical (unpaired) electrons. The van der Waals surface area contributed by atoms with Gasteiger partial charge in [0.05, 0.1) is 0 Å². The largest absolute Gasteiger partial charge is 0.313 e. The molecule has 1 saturated carbocycles. The van der Waals surface area contributed by atoms with Gasteiger partial charge in [-0.1, -0.05) is 31.7 Å². The monoisotopic (exact) mass is 290 g/mol. The van der Waals surface area contributed by atoms with Gasteiger partial charge in [0.1, 0.15) is 0 Å². The van der Waals surface area contributed by atoms with Crippen molar-refractivity contribution in [3.63, 3.8) is 0 Å². The number of hydrogen-bond acceptors (Lipinski definition) is 4. The number of hydrogen-bond donors (Lipinski definition) is 1. The molecule has 0 aliphatic heterocycles. The molecule has 1 fully saturated rings. The number of fused-ring (bicyclic) bond motifs is 1. The Balaban J connectivity index is 1.80. The lowest BCUT2D eigenvalue weighted by atomic mass is 9.87. The third-order valence-electron chi connectivity index (χ3n) is 4.06. The van der Waals surface area contributed by atoms with Crippen LogP contribution < -0.4 is 5.32 Å². The van der Waals surface area contributed by atoms with Crippen molar-refractivity contribution in [1.29, 1.82) is 0 Å². The van der Waals surface area contributed by atoms with Crippen molar-refractivity contribution in [2.75, 3.05) is 6.54 Å². The summed E-state index contributed by atoms with van der Waals surface area (Å²) in [5.74, 6) is 0.807. The van der Waals surface area contributed by atoms with E-state index in [-0.39, 0.29) is 0 Å². The van der Waals surface area contributed by atoms with Crippen LogP contribution in [0.3, 0.4) is 0 Å². The topological polar surface area (TPSA) is 42.2 Å². The number of aromatic nitrogens is 3. The van der Waals surface area contributed by atoms with Crippen LogP contribution in [0.25, 0.3) is 5.65 Å². The molecular weight excluding hydrogens is 268 g/mol. The average Bonchev–Trinajstić information content (AvgIpc) is 2.86. The minimum atomic E-state index is 0.589. The molecule has 0 amide bonds. The maximum absolute atomic E-state index is 4.36. The Morgan fingerprint density at radius 2 is 2.25 bits per heavy atom. The van der Waals surface area contributed by atoms with Gasteiger partial charge in [-0.2, -0.15) is 0 Å². The Bertz CT molecular complexity index is 568. The SMILES string of the molecule is CCNC1CCC(C)CC1Sc1nnc2ccccn12. The van der Waals surface area contributed by atoms with Crippen molar-refractivity contribution < 1.29 is 0 Å². The highest BCUT2D eigenvalue weighted by atomic mass is 32.2. The van der Waals surface area contributed by atoms with Crippen LogP contribution >= 0.6 is 11.8 Å². The fraction of sp³-hybridized carbons (Fsp3) is 0.600. The van der Waals surface area contributed by atoms with Gasteiger partial charge in [0, 0.05) is 17.5 Å². The van der Waals surface area contributed by atoms with Crippen molar-refractivity contribution in [3.8, 4) is 0 Å². The molecule has 4 nitrogen and oxygen atoms in total. The van der Waals surface area contributed by atoms with E-state index in [0.29, 0.717) is 11.3 Å². The molecule has 2 aromatic heterocycles. The predicted octanol–water partition coefficient (Wildman–Crippen LogP) is 2.99. The van der Waals surface area contributed by atoms with Gasteiger partial charge in [-0.05, 0) is 43.9 Å². The molecule has 3 unspecified atom stereocenters. The predicted molar refractivity (Wildman–Crippen MR) is 83.1 cm³/mol. The van der Waals surface area contributed by atoms with Crippen LogP contribution in [-0.4, -0.2) is 32.4 Å². The van der Waals surface area contributed by atoms with Gasteiger partial charge in [0.15, 0.2) is 10.8 Å². The molecule has 1 aliphatic rings. The van der Waals surface area contributed by atoms with Gasteiger partial charge in [0.2, 0.25) is 0 Å². The average molecular weight is 290 g/mol. The standard InChI is InChI=1S/C15H22N4S/c1-3-16-12-8-7-11(2)10-13(12)20-15-18-17-14-6-4-5-9-19(14)15/h4-6,9,11-13,16H,3,7-8,10H2,1-2H3. The summed E-state index contributed by atoms with van der Waals surface area (Å²) >= 11 is 1.88. The maximum atomic E-state index is 4.36. The zero-order valence-corrected chi connectivity index (χ0v) is 12.9. The maximum Gasteiger partial charge on any atom is 0.195 e. The Hall–Kier alpha value is -1.07. The second-order valence-electron chi connectivity index (χ2n) is 5.65. The Morgan fingerprint density at radius 1 is 1.35 bits per heavy atom. The van der Waals surface area contributed by atoms with Crippen molar-refractivity contribution in [3.05, 3.63) is 24.4 Å². The molecule has 2 aromatic rings. The fourth-order valence-electron chi connectivity index (χ4n) is 2.99. The van der Waals surface area contributed by atoms with Crippen molar-refractivity contribution in [2.24, 2.45) is 5.92 Å². The summed E-state index contributed by atoms with van der Waals surface area (Å²) < 4.78 is 2.09. The van der Waals surface area contributed by atoms with E-state index in [2.05, 4.69) is 33.8 Å². The minimum Gasteiger partial charge on any atom is -0.313 e. The molecular formula is C15H22N4S. The van der Waals surface area contributed by atoms with Gasteiger partial charge in [-0.25, -0.2) is 0 Å². The molecule has 1 N–H and O–H groups in total. The van der Waals surface area contributed by atoms with E-state index in [1.54, 1.807) is 0 Å². The highest BCUT2D eigenvalue weighted by Gasteiger charge is 2.30. The van der Waals surface area contributed by atoms with E-state index >= 15 is 0 Å². The van der Waals surface area contributed by atoms with Crippen molar-refractivity contribution >= 4 is 17.4 Å². The first-order valence-electron chi connectivity index (χ1n) is 7.47. The van der Waals surface area contributed by atoms with Crippen LogP contribution in [0.15, 0.2) is 29.6 Å². The van der Waals surface area contributed by atoms with Gasteiger partial charge >= 0.3 is 0 Å². The lowest BCUT2D eigenvalue weighted by Gasteiger charge is -2.34. The van der Waals surface area contributed by atoms with E-state index < -0.39 is 0 Å². The van der Waals surface area contributed by atoms with Gasteiger partial charge in [0.25, 0.3) is 0 Å². The second-order valence-corrected chi connectivity index (χ2v) is 6.86. The summed E-state index contributed by atoms with van der Waals surface area (Å²) in [6, 6.07) is 6.63. The first-order chi connectivity index (χ1) is 9.78. The van der Waals surface area contributed by atoms with Crippen LogP contribution in [0.2, 0.25) is 0 Å². The molecule has 0 saturated heterocycles. The summed E-state index contributed by atoms with van der Waals surface area (Å²) in [6.07, 6.45) is 5.90. The van der Waals surface area contributed by atoms with Crippen LogP contribution in [0, 0.1) is 5.92 Å². The fourth-order valence-corrected chi connectivity index (χ4v) is 4.44. The smallest absolute Gasteiger partial charge is 0.195 e. The van der Waals surface area contributed by atoms with Crippen LogP contribution in [0.5, 0.6) is 0 Å². The normalized spacial score (nSPS) is 27.0. The van der Waals surface area contributed by atoms with E-state index in [9.17, 15) is 0 Å². The lowest BCUT2D eigenvalue weighted by Crippen LogP contribution is -2.42. The summed E-state index contributed by atoms with van der Waals surface area (Å²) in [7, 11) is 0. The third kappa shape index (κ3) is 2.83. The Labute approximate surface area is 124 Å². The molecule has 2 heterocycles. The molecule has 20 heavy (non-hydrogen) atoms. The van der Waals surface area contributed by atoms with E-state index in [1.165, 1.54) is 19.3 Å². The number of thioether (sulfide) groups is 1. The lowest BCUT2D eigenvalue weighted by molar-refractivity contribution is 0.320. The van der Waals surface area contributed by atoms with E-state index in [4.69, 9.17) is 0 Å². The van der Waals surface area contributed by atoms with E-state index in [1.807, 2.05) is 36.2 Å². The summed E-state index contributed by atoms with van der Waals surface area (Å²) in [4.78, 5) is 0. The molecule has 0 aromatic carbocycles. The molecule has 0 bridgehead atoms. The van der Waals surface area contributed by atoms with Gasteiger partial charge in [-0.3, -0.25) is 4.40 Å². The number of nitrogens with one attached hydrogen (secondary N) is 1. The summed E-state index contributed by atoms with van der Waals surface area (Å²) in [5.41, 5.74) is 0.929. The zero-order valence-electron chi connectivity index (χ0n) is 12.1. The zero-order chi connectivity index (χ0) is 13.9. The first-order valence-corrected chi connectivity index (χ1v) is 8.35. The molecule has 1 aliphatic carbocycles. The highest BCUT2D eigenvalue weighted by molar-refractivity contribution is 7.99. The molecule has 3 atom stereocenters. The van der Waals surface area contributed by atoms with E-state index in [0.717, 1.165) is 23.3 Å². The number of pyridine rings is 1. The van der Waals surface area contributed by atoms with Gasteiger partial charge < -0.3 is 5.32 Å². The van der Waals surface area contributed by atoms with Crippen molar-refractivity contribution in [2.45, 2.75) is 49.6 Å². The highest BCUT2D eigenvalue weighted by Crippen LogP contribution is 2.35. The quantitative estimate of drug-likeness (QED) is 0.940. The number of rotatable bonds is 4. The summed E-state index contributed by atoms with van der Waals surface area (Å²) in [5, 5.41) is 13.8. The summed E-state index contributed by atoms with van der Waals surface area (Å²) in [6.45, 7) is 5.58. The molecule has 5 heteroatoms. The second kappa shape index (κ2) is 6.14. The number of nitrogens with zero attached hydrogens (tertiary/aromatic N) is 3. The molecule has 108 valence electrons. The Kier molecular flexibility index (Phi) is 4.27. The van der Waals surface area contributed by atoms with Crippen molar-refractivity contribution in [1.82, 2.24) is 19.9 Å². The third-order valence-corrected chi connectivity index (χ3v) is 5.37. The minimum absolute atomic E-state index is 0.589. The van der Waals surface area contributed by atoms with Crippen LogP contribution in [0.1, 0.15) is 33.1 Å². The Morgan fingerprint density at radius 3 is 3.10 bits per heavy atom.